The maximum Gasteiger partial charge on any atom is 0.360 e. The van der Waals surface area contributed by atoms with Gasteiger partial charge in [-0.1, -0.05) is 5.16 Å². The highest BCUT2D eigenvalue weighted by Crippen LogP contribution is 2.05. The third kappa shape index (κ3) is 6.43. The van der Waals surface area contributed by atoms with Crippen LogP contribution in [0.25, 0.3) is 0 Å². The Bertz CT molecular complexity index is 549. The fourth-order valence-electron chi connectivity index (χ4n) is 1.69. The van der Waals surface area contributed by atoms with Crippen LogP contribution in [0.1, 0.15) is 28.7 Å². The summed E-state index contributed by atoms with van der Waals surface area (Å²) in [6.07, 6.45) is 4.45. The van der Waals surface area contributed by atoms with Crippen LogP contribution < -0.4 is 5.32 Å². The maximum absolute atomic E-state index is 11.4. The minimum Gasteiger partial charge on any atom is -0.461 e. The molecule has 0 atom stereocenters. The van der Waals surface area contributed by atoms with Gasteiger partial charge in [0.1, 0.15) is 0 Å². The van der Waals surface area contributed by atoms with E-state index in [0.29, 0.717) is 18.9 Å². The number of hydrogen-bond donors (Lipinski definition) is 1. The van der Waals surface area contributed by atoms with E-state index in [1.54, 1.807) is 25.4 Å². The highest BCUT2D eigenvalue weighted by Gasteiger charge is 2.12. The first kappa shape index (κ1) is 20.4. The molecule has 0 radical (unpaired) electrons. The van der Waals surface area contributed by atoms with Crippen LogP contribution in [0, 0.1) is 0 Å². The first-order valence-electron chi connectivity index (χ1n) is 6.52. The molecule has 0 saturated heterocycles. The summed E-state index contributed by atoms with van der Waals surface area (Å²) in [5.41, 5.74) is 1.43. The van der Waals surface area contributed by atoms with Gasteiger partial charge in [-0.25, -0.2) is 4.79 Å². The van der Waals surface area contributed by atoms with Crippen molar-refractivity contribution < 1.29 is 14.1 Å². The largest absolute Gasteiger partial charge is 0.461 e. The monoisotopic (exact) mass is 347 g/mol. The van der Waals surface area contributed by atoms with Crippen LogP contribution in [-0.2, 0) is 17.7 Å². The van der Waals surface area contributed by atoms with E-state index in [0.717, 1.165) is 13.0 Å². The second-order valence-electron chi connectivity index (χ2n) is 4.18. The molecule has 6 nitrogen and oxygen atoms in total. The predicted octanol–water partition coefficient (Wildman–Crippen LogP) is 2.42. The SMILES string of the molecule is CCOC(=O)c1cc(CNCCc2ccncc2)on1.Cl.Cl. The molecule has 0 saturated carbocycles. The van der Waals surface area contributed by atoms with Crippen LogP contribution in [0.4, 0.5) is 0 Å². The number of hydrogen-bond acceptors (Lipinski definition) is 6. The quantitative estimate of drug-likeness (QED) is 0.612. The number of ether oxygens (including phenoxy) is 1. The molecular weight excluding hydrogens is 329 g/mol. The van der Waals surface area contributed by atoms with Crippen molar-refractivity contribution in [3.63, 3.8) is 0 Å². The molecule has 0 unspecified atom stereocenters. The lowest BCUT2D eigenvalue weighted by molar-refractivity contribution is 0.0514. The standard InChI is InChI=1S/C14H17N3O3.2ClH/c1-2-19-14(18)13-9-12(20-17-13)10-16-8-5-11-3-6-15-7-4-11;;/h3-4,6-7,9,16H,2,5,8,10H2,1H3;2*1H. The Balaban J connectivity index is 0.00000220. The molecule has 0 aliphatic carbocycles. The van der Waals surface area contributed by atoms with Crippen molar-refractivity contribution in [1.82, 2.24) is 15.5 Å². The zero-order valence-electron chi connectivity index (χ0n) is 12.2. The molecule has 122 valence electrons. The van der Waals surface area contributed by atoms with Crippen molar-refractivity contribution in [3.05, 3.63) is 47.6 Å². The molecule has 2 heterocycles. The fraction of sp³-hybridized carbons (Fsp3) is 0.357. The molecule has 0 aromatic carbocycles. The maximum atomic E-state index is 11.4. The van der Waals surface area contributed by atoms with E-state index in [-0.39, 0.29) is 30.5 Å². The second kappa shape index (κ2) is 11.0. The normalized spacial score (nSPS) is 9.50. The van der Waals surface area contributed by atoms with Crippen LogP contribution in [-0.4, -0.2) is 29.3 Å². The summed E-state index contributed by atoms with van der Waals surface area (Å²) in [5.74, 6) is 0.155. The molecule has 0 bridgehead atoms. The van der Waals surface area contributed by atoms with E-state index in [2.05, 4.69) is 15.5 Å². The molecular formula is C14H19Cl2N3O3. The van der Waals surface area contributed by atoms with Gasteiger partial charge in [-0.05, 0) is 37.6 Å². The number of esters is 1. The molecule has 1 N–H and O–H groups in total. The zero-order chi connectivity index (χ0) is 14.2. The first-order valence-corrected chi connectivity index (χ1v) is 6.52. The zero-order valence-corrected chi connectivity index (χ0v) is 13.8. The summed E-state index contributed by atoms with van der Waals surface area (Å²) >= 11 is 0. The number of carbonyl (C=O) groups excluding carboxylic acids is 1. The van der Waals surface area contributed by atoms with Gasteiger partial charge in [-0.3, -0.25) is 4.98 Å². The van der Waals surface area contributed by atoms with Crippen LogP contribution in [0.2, 0.25) is 0 Å². The molecule has 8 heteroatoms. The summed E-state index contributed by atoms with van der Waals surface area (Å²) in [5, 5.41) is 6.90. The van der Waals surface area contributed by atoms with Crippen molar-refractivity contribution in [2.24, 2.45) is 0 Å². The molecule has 2 rings (SSSR count). The van der Waals surface area contributed by atoms with E-state index in [1.165, 1.54) is 5.56 Å². The lowest BCUT2D eigenvalue weighted by Crippen LogP contribution is -2.16. The van der Waals surface area contributed by atoms with Crippen LogP contribution in [0.15, 0.2) is 35.1 Å². The van der Waals surface area contributed by atoms with Crippen molar-refractivity contribution in [2.45, 2.75) is 19.9 Å². The van der Waals surface area contributed by atoms with Crippen LogP contribution >= 0.6 is 24.8 Å². The Hall–Kier alpha value is -1.63. The van der Waals surface area contributed by atoms with E-state index in [9.17, 15) is 4.79 Å². The summed E-state index contributed by atoms with van der Waals surface area (Å²) in [7, 11) is 0. The number of nitrogens with one attached hydrogen (secondary N) is 1. The molecule has 0 spiro atoms. The average Bonchev–Trinajstić information content (AvgIpc) is 2.94. The van der Waals surface area contributed by atoms with Gasteiger partial charge >= 0.3 is 5.97 Å². The molecule has 0 aliphatic heterocycles. The lowest BCUT2D eigenvalue weighted by atomic mass is 10.2. The summed E-state index contributed by atoms with van der Waals surface area (Å²) in [4.78, 5) is 15.4. The van der Waals surface area contributed by atoms with E-state index in [1.807, 2.05) is 12.1 Å². The van der Waals surface area contributed by atoms with E-state index in [4.69, 9.17) is 9.26 Å². The number of aromatic nitrogens is 2. The summed E-state index contributed by atoms with van der Waals surface area (Å²) in [6, 6.07) is 5.56. The Kier molecular flexibility index (Phi) is 10.2. The Morgan fingerprint density at radius 2 is 2.05 bits per heavy atom. The molecule has 2 aromatic heterocycles. The number of carbonyl (C=O) groups is 1. The Morgan fingerprint density at radius 1 is 1.32 bits per heavy atom. The average molecular weight is 348 g/mol. The third-order valence-electron chi connectivity index (χ3n) is 2.68. The van der Waals surface area contributed by atoms with E-state index < -0.39 is 5.97 Å². The van der Waals surface area contributed by atoms with Gasteiger partial charge in [0.25, 0.3) is 0 Å². The molecule has 2 aromatic rings. The third-order valence-corrected chi connectivity index (χ3v) is 2.68. The number of rotatable bonds is 7. The minimum absolute atomic E-state index is 0. The van der Waals surface area contributed by atoms with Gasteiger partial charge in [0.2, 0.25) is 0 Å². The fourth-order valence-corrected chi connectivity index (χ4v) is 1.69. The molecule has 22 heavy (non-hydrogen) atoms. The van der Waals surface area contributed by atoms with Crippen molar-refractivity contribution in [3.8, 4) is 0 Å². The Labute approximate surface area is 141 Å². The van der Waals surface area contributed by atoms with Crippen LogP contribution in [0.3, 0.4) is 0 Å². The van der Waals surface area contributed by atoms with Gasteiger partial charge in [0.15, 0.2) is 11.5 Å². The number of halogens is 2. The lowest BCUT2D eigenvalue weighted by Gasteiger charge is -2.01. The van der Waals surface area contributed by atoms with Gasteiger partial charge in [-0.2, -0.15) is 0 Å². The molecule has 0 aliphatic rings. The van der Waals surface area contributed by atoms with Gasteiger partial charge in [0.05, 0.1) is 13.2 Å². The number of nitrogens with zero attached hydrogens (tertiary/aromatic N) is 2. The highest BCUT2D eigenvalue weighted by atomic mass is 35.5. The predicted molar refractivity (Wildman–Crippen MR) is 86.6 cm³/mol. The van der Waals surface area contributed by atoms with Gasteiger partial charge in [0, 0.05) is 18.5 Å². The second-order valence-corrected chi connectivity index (χ2v) is 4.18. The van der Waals surface area contributed by atoms with Gasteiger partial charge in [-0.15, -0.1) is 24.8 Å². The first-order chi connectivity index (χ1) is 9.79. The highest BCUT2D eigenvalue weighted by molar-refractivity contribution is 5.87. The smallest absolute Gasteiger partial charge is 0.360 e. The minimum atomic E-state index is -0.459. The van der Waals surface area contributed by atoms with E-state index >= 15 is 0 Å². The summed E-state index contributed by atoms with van der Waals surface area (Å²) < 4.78 is 9.90. The van der Waals surface area contributed by atoms with Crippen molar-refractivity contribution in [1.29, 1.82) is 0 Å². The Morgan fingerprint density at radius 3 is 2.73 bits per heavy atom. The van der Waals surface area contributed by atoms with Crippen molar-refractivity contribution >= 4 is 30.8 Å². The molecule has 0 fully saturated rings. The summed E-state index contributed by atoms with van der Waals surface area (Å²) in [6.45, 7) is 3.40. The number of pyridine rings is 1. The van der Waals surface area contributed by atoms with Crippen molar-refractivity contribution in [2.75, 3.05) is 13.2 Å². The van der Waals surface area contributed by atoms with Crippen LogP contribution in [0.5, 0.6) is 0 Å². The molecule has 0 amide bonds. The topological polar surface area (TPSA) is 77.2 Å². The van der Waals surface area contributed by atoms with Gasteiger partial charge < -0.3 is 14.6 Å².